The van der Waals surface area contributed by atoms with Gasteiger partial charge in [-0.3, -0.25) is 9.59 Å². The normalized spacial score (nSPS) is 10.6. The van der Waals surface area contributed by atoms with Crippen LogP contribution >= 0.6 is 0 Å². The van der Waals surface area contributed by atoms with Gasteiger partial charge in [0.05, 0.1) is 13.0 Å². The fourth-order valence-corrected chi connectivity index (χ4v) is 2.77. The predicted octanol–water partition coefficient (Wildman–Crippen LogP) is 2.49. The molecule has 0 aliphatic rings. The Hall–Kier alpha value is -3.08. The number of likely N-dealkylation sites (N-methyl/N-ethyl adjacent to an activating group) is 1. The van der Waals surface area contributed by atoms with Gasteiger partial charge in [-0.1, -0.05) is 48.5 Å². The van der Waals surface area contributed by atoms with Gasteiger partial charge in [-0.25, -0.2) is 0 Å². The number of amides is 2. The van der Waals surface area contributed by atoms with Gasteiger partial charge in [0.2, 0.25) is 11.8 Å². The molecule has 3 rings (SSSR count). The number of carbonyl (C=O) groups excluding carboxylic acids is 2. The van der Waals surface area contributed by atoms with E-state index in [9.17, 15) is 9.59 Å². The second kappa shape index (κ2) is 7.66. The van der Waals surface area contributed by atoms with E-state index in [4.69, 9.17) is 0 Å². The van der Waals surface area contributed by atoms with E-state index in [1.165, 1.54) is 0 Å². The Morgan fingerprint density at radius 3 is 2.56 bits per heavy atom. The number of aromatic nitrogens is 1. The largest absolute Gasteiger partial charge is 0.361 e. The lowest BCUT2D eigenvalue weighted by Gasteiger charge is -2.17. The third kappa shape index (κ3) is 4.26. The highest BCUT2D eigenvalue weighted by Gasteiger charge is 2.12. The number of rotatable bonds is 6. The van der Waals surface area contributed by atoms with Gasteiger partial charge in [0.25, 0.3) is 0 Å². The molecular weight excluding hydrogens is 314 g/mol. The minimum atomic E-state index is -0.161. The molecule has 0 unspecified atom stereocenters. The summed E-state index contributed by atoms with van der Waals surface area (Å²) >= 11 is 0. The van der Waals surface area contributed by atoms with E-state index in [2.05, 4.69) is 10.3 Å². The molecule has 25 heavy (non-hydrogen) atoms. The maximum atomic E-state index is 12.2. The van der Waals surface area contributed by atoms with Crippen LogP contribution in [0.4, 0.5) is 0 Å². The molecule has 0 atom stereocenters. The van der Waals surface area contributed by atoms with Gasteiger partial charge in [-0.15, -0.1) is 0 Å². The summed E-state index contributed by atoms with van der Waals surface area (Å²) < 4.78 is 0. The monoisotopic (exact) mass is 335 g/mol. The third-order valence-corrected chi connectivity index (χ3v) is 4.15. The fourth-order valence-electron chi connectivity index (χ4n) is 2.77. The first kappa shape index (κ1) is 16.8. The van der Waals surface area contributed by atoms with Crippen LogP contribution in [0, 0.1) is 0 Å². The molecule has 5 nitrogen and oxygen atoms in total. The summed E-state index contributed by atoms with van der Waals surface area (Å²) in [5.41, 5.74) is 2.99. The van der Waals surface area contributed by atoms with Crippen molar-refractivity contribution in [3.63, 3.8) is 0 Å². The van der Waals surface area contributed by atoms with E-state index in [0.29, 0.717) is 6.54 Å². The standard InChI is InChI=1S/C20H21N3O2/c1-23(14-15-7-3-2-4-8-15)20(25)13-22-19(24)11-16-12-21-18-10-6-5-9-17(16)18/h2-10,12,21H,11,13-14H2,1H3,(H,22,24). The average molecular weight is 335 g/mol. The number of benzene rings is 2. The highest BCUT2D eigenvalue weighted by molar-refractivity contribution is 5.90. The number of fused-ring (bicyclic) bond motifs is 1. The topological polar surface area (TPSA) is 65.2 Å². The van der Waals surface area contributed by atoms with Gasteiger partial charge in [-0.2, -0.15) is 0 Å². The van der Waals surface area contributed by atoms with Gasteiger partial charge in [0.15, 0.2) is 0 Å². The molecule has 2 amide bonds. The van der Waals surface area contributed by atoms with Crippen molar-refractivity contribution >= 4 is 22.7 Å². The molecule has 0 spiro atoms. The Morgan fingerprint density at radius 2 is 1.76 bits per heavy atom. The van der Waals surface area contributed by atoms with Crippen LogP contribution in [0.3, 0.4) is 0 Å². The quantitative estimate of drug-likeness (QED) is 0.727. The zero-order valence-electron chi connectivity index (χ0n) is 14.2. The SMILES string of the molecule is CN(Cc1ccccc1)C(=O)CNC(=O)Cc1c[nH]c2ccccc12. The number of H-pyrrole nitrogens is 1. The Balaban J connectivity index is 1.51. The zero-order chi connectivity index (χ0) is 17.6. The van der Waals surface area contributed by atoms with Crippen molar-refractivity contribution in [1.29, 1.82) is 0 Å². The van der Waals surface area contributed by atoms with Crippen molar-refractivity contribution in [2.24, 2.45) is 0 Å². The molecule has 0 saturated carbocycles. The number of aromatic amines is 1. The molecule has 0 fully saturated rings. The highest BCUT2D eigenvalue weighted by atomic mass is 16.2. The van der Waals surface area contributed by atoms with Gasteiger partial charge in [-0.05, 0) is 17.2 Å². The van der Waals surface area contributed by atoms with E-state index in [0.717, 1.165) is 22.0 Å². The number of hydrogen-bond donors (Lipinski definition) is 2. The smallest absolute Gasteiger partial charge is 0.242 e. The predicted molar refractivity (Wildman–Crippen MR) is 97.9 cm³/mol. The summed E-state index contributed by atoms with van der Waals surface area (Å²) in [5.74, 6) is -0.276. The Bertz CT molecular complexity index is 871. The first-order valence-electron chi connectivity index (χ1n) is 8.23. The van der Waals surface area contributed by atoms with Gasteiger partial charge in [0.1, 0.15) is 0 Å². The lowest BCUT2D eigenvalue weighted by atomic mass is 10.1. The summed E-state index contributed by atoms with van der Waals surface area (Å²) in [6.45, 7) is 0.530. The zero-order valence-corrected chi connectivity index (χ0v) is 14.2. The fraction of sp³-hybridized carbons (Fsp3) is 0.200. The molecule has 2 aromatic carbocycles. The van der Waals surface area contributed by atoms with E-state index in [1.807, 2.05) is 60.8 Å². The highest BCUT2D eigenvalue weighted by Crippen LogP contribution is 2.17. The molecule has 1 heterocycles. The Labute approximate surface area is 146 Å². The van der Waals surface area contributed by atoms with Crippen LogP contribution in [0.1, 0.15) is 11.1 Å². The van der Waals surface area contributed by atoms with Crippen molar-refractivity contribution in [3.8, 4) is 0 Å². The molecule has 0 aliphatic carbocycles. The van der Waals surface area contributed by atoms with E-state index >= 15 is 0 Å². The first-order valence-corrected chi connectivity index (χ1v) is 8.23. The van der Waals surface area contributed by atoms with Crippen LogP contribution in [-0.2, 0) is 22.6 Å². The lowest BCUT2D eigenvalue weighted by molar-refractivity contribution is -0.132. The van der Waals surface area contributed by atoms with E-state index in [-0.39, 0.29) is 24.8 Å². The molecule has 0 saturated heterocycles. The number of para-hydroxylation sites is 1. The minimum Gasteiger partial charge on any atom is -0.361 e. The van der Waals surface area contributed by atoms with Crippen LogP contribution in [0.15, 0.2) is 60.8 Å². The molecule has 128 valence electrons. The maximum absolute atomic E-state index is 12.2. The Morgan fingerprint density at radius 1 is 1.04 bits per heavy atom. The average Bonchev–Trinajstić information content (AvgIpc) is 3.03. The van der Waals surface area contributed by atoms with Crippen LogP contribution < -0.4 is 5.32 Å². The minimum absolute atomic E-state index is 0.00449. The van der Waals surface area contributed by atoms with Crippen molar-refractivity contribution in [3.05, 3.63) is 71.9 Å². The molecule has 2 N–H and O–H groups in total. The summed E-state index contributed by atoms with van der Waals surface area (Å²) in [7, 11) is 1.74. The second-order valence-electron chi connectivity index (χ2n) is 6.05. The molecule has 1 aromatic heterocycles. The summed E-state index contributed by atoms with van der Waals surface area (Å²) in [5, 5.41) is 3.74. The van der Waals surface area contributed by atoms with Crippen molar-refractivity contribution in [2.75, 3.05) is 13.6 Å². The number of hydrogen-bond acceptors (Lipinski definition) is 2. The molecule has 0 aliphatic heterocycles. The van der Waals surface area contributed by atoms with Gasteiger partial charge >= 0.3 is 0 Å². The molecule has 0 radical (unpaired) electrons. The molecule has 3 aromatic rings. The molecule has 5 heteroatoms. The first-order chi connectivity index (χ1) is 12.1. The van der Waals surface area contributed by atoms with Gasteiger partial charge < -0.3 is 15.2 Å². The summed E-state index contributed by atoms with van der Waals surface area (Å²) in [4.78, 5) is 29.1. The number of nitrogens with one attached hydrogen (secondary N) is 2. The second-order valence-corrected chi connectivity index (χ2v) is 6.05. The lowest BCUT2D eigenvalue weighted by Crippen LogP contribution is -2.38. The van der Waals surface area contributed by atoms with Gasteiger partial charge in [0, 0.05) is 30.7 Å². The summed E-state index contributed by atoms with van der Waals surface area (Å²) in [6, 6.07) is 17.6. The van der Waals surface area contributed by atoms with E-state index in [1.54, 1.807) is 11.9 Å². The summed E-state index contributed by atoms with van der Waals surface area (Å²) in [6.07, 6.45) is 2.09. The maximum Gasteiger partial charge on any atom is 0.242 e. The van der Waals surface area contributed by atoms with Crippen LogP contribution in [0.2, 0.25) is 0 Å². The van der Waals surface area contributed by atoms with Crippen LogP contribution in [0.25, 0.3) is 10.9 Å². The number of carbonyl (C=O) groups is 2. The van der Waals surface area contributed by atoms with Crippen molar-refractivity contribution in [2.45, 2.75) is 13.0 Å². The van der Waals surface area contributed by atoms with Crippen molar-refractivity contribution in [1.82, 2.24) is 15.2 Å². The van der Waals surface area contributed by atoms with E-state index < -0.39 is 0 Å². The third-order valence-electron chi connectivity index (χ3n) is 4.15. The molecule has 0 bridgehead atoms. The number of nitrogens with zero attached hydrogens (tertiary/aromatic N) is 1. The van der Waals surface area contributed by atoms with Crippen LogP contribution in [-0.4, -0.2) is 35.3 Å². The van der Waals surface area contributed by atoms with Crippen LogP contribution in [0.5, 0.6) is 0 Å². The molecular formula is C20H21N3O2. The Kier molecular flexibility index (Phi) is 5.14. The van der Waals surface area contributed by atoms with Crippen molar-refractivity contribution < 1.29 is 9.59 Å².